The minimum Gasteiger partial charge on any atom is -0.352 e. The van der Waals surface area contributed by atoms with E-state index >= 15 is 0 Å². The minimum absolute atomic E-state index is 0.0815. The molecule has 1 heterocycles. The molecular weight excluding hydrogens is 348 g/mol. The first-order chi connectivity index (χ1) is 12.9. The van der Waals surface area contributed by atoms with Crippen molar-refractivity contribution in [3.63, 3.8) is 0 Å². The molecule has 4 atom stereocenters. The number of fused-ring (bicyclic) bond motifs is 3. The molecule has 2 saturated carbocycles. The molecule has 0 aliphatic heterocycles. The number of amides is 1. The molecular formula is C19H22N4O4. The summed E-state index contributed by atoms with van der Waals surface area (Å²) in [5.41, 5.74) is -0.252. The summed E-state index contributed by atoms with van der Waals surface area (Å²) in [7, 11) is 0. The van der Waals surface area contributed by atoms with Crippen LogP contribution in [0.5, 0.6) is 0 Å². The molecule has 2 aromatic rings. The second kappa shape index (κ2) is 6.75. The topological polar surface area (TPSA) is 107 Å². The molecule has 4 rings (SSSR count). The van der Waals surface area contributed by atoms with Crippen LogP contribution in [0.1, 0.15) is 32.6 Å². The average Bonchev–Trinajstić information content (AvgIpc) is 3.27. The van der Waals surface area contributed by atoms with Gasteiger partial charge in [-0.2, -0.15) is 0 Å². The fourth-order valence-corrected chi connectivity index (χ4v) is 4.84. The maximum absolute atomic E-state index is 12.6. The Morgan fingerprint density at radius 2 is 2.22 bits per heavy atom. The fraction of sp³-hybridized carbons (Fsp3) is 0.526. The number of benzene rings is 1. The van der Waals surface area contributed by atoms with Gasteiger partial charge in [-0.3, -0.25) is 24.3 Å². The molecule has 8 nitrogen and oxygen atoms in total. The lowest BCUT2D eigenvalue weighted by molar-refractivity contribution is -0.384. The molecule has 1 aromatic heterocycles. The number of hydrogen-bond donors (Lipinski definition) is 1. The molecule has 1 aromatic carbocycles. The van der Waals surface area contributed by atoms with Crippen LogP contribution in [0.2, 0.25) is 0 Å². The second-order valence-corrected chi connectivity index (χ2v) is 7.83. The molecule has 0 saturated heterocycles. The highest BCUT2D eigenvalue weighted by molar-refractivity contribution is 5.81. The zero-order valence-corrected chi connectivity index (χ0v) is 15.1. The van der Waals surface area contributed by atoms with Crippen molar-refractivity contribution < 1.29 is 9.72 Å². The summed E-state index contributed by atoms with van der Waals surface area (Å²) in [5, 5.41) is 14.1. The number of nitro groups is 1. The first kappa shape index (κ1) is 17.6. The summed E-state index contributed by atoms with van der Waals surface area (Å²) >= 11 is 0. The normalized spacial score (nSPS) is 24.9. The monoisotopic (exact) mass is 370 g/mol. The molecule has 0 spiro atoms. The van der Waals surface area contributed by atoms with E-state index in [4.69, 9.17) is 0 Å². The van der Waals surface area contributed by atoms with E-state index < -0.39 is 10.5 Å². The first-order valence-corrected chi connectivity index (χ1v) is 9.35. The van der Waals surface area contributed by atoms with Crippen LogP contribution in [-0.4, -0.2) is 26.4 Å². The summed E-state index contributed by atoms with van der Waals surface area (Å²) in [6.07, 6.45) is 6.33. The summed E-state index contributed by atoms with van der Waals surface area (Å²) in [6, 6.07) is 4.04. The Hall–Kier alpha value is -2.77. The number of nitrogens with zero attached hydrogens (tertiary/aromatic N) is 3. The van der Waals surface area contributed by atoms with E-state index in [1.807, 2.05) is 6.92 Å². The maximum atomic E-state index is 12.6. The summed E-state index contributed by atoms with van der Waals surface area (Å²) in [6.45, 7) is 1.89. The molecule has 27 heavy (non-hydrogen) atoms. The Morgan fingerprint density at radius 3 is 2.89 bits per heavy atom. The highest BCUT2D eigenvalue weighted by atomic mass is 16.6. The largest absolute Gasteiger partial charge is 0.352 e. The molecule has 2 aliphatic rings. The van der Waals surface area contributed by atoms with Crippen molar-refractivity contribution in [2.24, 2.45) is 17.8 Å². The van der Waals surface area contributed by atoms with E-state index in [2.05, 4.69) is 10.3 Å². The lowest BCUT2D eigenvalue weighted by Crippen LogP contribution is -2.42. The number of non-ortho nitro benzene ring substituents is 1. The highest BCUT2D eigenvalue weighted by Crippen LogP contribution is 2.49. The smallest absolute Gasteiger partial charge is 0.270 e. The van der Waals surface area contributed by atoms with Crippen molar-refractivity contribution in [3.05, 3.63) is 45.0 Å². The van der Waals surface area contributed by atoms with Crippen molar-refractivity contribution in [1.29, 1.82) is 0 Å². The van der Waals surface area contributed by atoms with Crippen LogP contribution in [0, 0.1) is 27.9 Å². The van der Waals surface area contributed by atoms with Gasteiger partial charge in [0, 0.05) is 18.2 Å². The van der Waals surface area contributed by atoms with Gasteiger partial charge in [-0.15, -0.1) is 0 Å². The molecule has 2 fully saturated rings. The summed E-state index contributed by atoms with van der Waals surface area (Å²) < 4.78 is 1.20. The van der Waals surface area contributed by atoms with Crippen molar-refractivity contribution in [2.45, 2.75) is 45.2 Å². The number of rotatable bonds is 5. The molecule has 142 valence electrons. The molecule has 2 aliphatic carbocycles. The van der Waals surface area contributed by atoms with Crippen molar-refractivity contribution in [3.8, 4) is 0 Å². The van der Waals surface area contributed by atoms with Crippen molar-refractivity contribution in [2.75, 3.05) is 0 Å². The van der Waals surface area contributed by atoms with Crippen LogP contribution in [0.4, 0.5) is 5.69 Å². The van der Waals surface area contributed by atoms with E-state index in [1.165, 1.54) is 54.8 Å². The van der Waals surface area contributed by atoms with Gasteiger partial charge in [0.1, 0.15) is 6.54 Å². The molecule has 8 heteroatoms. The van der Waals surface area contributed by atoms with Gasteiger partial charge in [0.05, 0.1) is 22.2 Å². The third kappa shape index (κ3) is 3.31. The van der Waals surface area contributed by atoms with E-state index in [1.54, 1.807) is 0 Å². The Labute approximate surface area is 155 Å². The standard InChI is InChI=1S/C19H22N4O4/c1-11(15-7-12-2-3-13(15)6-12)21-18(24)9-22-10-20-17-5-4-14(23(26)27)8-16(17)19(22)25/h4-5,8,10-13,15H,2-3,6-7,9H2,1H3,(H,21,24)/t11-,12-,13-,15+/m1/s1. The summed E-state index contributed by atoms with van der Waals surface area (Å²) in [4.78, 5) is 39.6. The van der Waals surface area contributed by atoms with Gasteiger partial charge in [-0.05, 0) is 50.0 Å². The van der Waals surface area contributed by atoms with Gasteiger partial charge in [-0.1, -0.05) is 6.42 Å². The average molecular weight is 370 g/mol. The van der Waals surface area contributed by atoms with E-state index in [0.717, 1.165) is 5.92 Å². The number of carbonyl (C=O) groups excluding carboxylic acids is 1. The zero-order valence-electron chi connectivity index (χ0n) is 15.1. The van der Waals surface area contributed by atoms with Crippen molar-refractivity contribution in [1.82, 2.24) is 14.9 Å². The Bertz CT molecular complexity index is 970. The van der Waals surface area contributed by atoms with Gasteiger partial charge in [0.2, 0.25) is 5.91 Å². The van der Waals surface area contributed by atoms with Gasteiger partial charge < -0.3 is 5.32 Å². The number of nitrogens with one attached hydrogen (secondary N) is 1. The zero-order chi connectivity index (χ0) is 19.1. The molecule has 2 bridgehead atoms. The summed E-state index contributed by atoms with van der Waals surface area (Å²) in [5.74, 6) is 1.79. The second-order valence-electron chi connectivity index (χ2n) is 7.83. The van der Waals surface area contributed by atoms with Crippen LogP contribution in [0.15, 0.2) is 29.3 Å². The maximum Gasteiger partial charge on any atom is 0.270 e. The predicted octanol–water partition coefficient (Wildman–Crippen LogP) is 2.25. The van der Waals surface area contributed by atoms with Crippen LogP contribution in [-0.2, 0) is 11.3 Å². The Balaban J connectivity index is 1.49. The Morgan fingerprint density at radius 1 is 1.41 bits per heavy atom. The number of carbonyl (C=O) groups is 1. The van der Waals surface area contributed by atoms with Gasteiger partial charge in [-0.25, -0.2) is 4.98 Å². The van der Waals surface area contributed by atoms with E-state index in [9.17, 15) is 19.7 Å². The molecule has 0 radical (unpaired) electrons. The minimum atomic E-state index is -0.556. The molecule has 1 amide bonds. The van der Waals surface area contributed by atoms with Crippen LogP contribution in [0.25, 0.3) is 10.9 Å². The fourth-order valence-electron chi connectivity index (χ4n) is 4.84. The molecule has 0 unspecified atom stereocenters. The number of hydrogen-bond acceptors (Lipinski definition) is 5. The van der Waals surface area contributed by atoms with Crippen LogP contribution < -0.4 is 10.9 Å². The Kier molecular flexibility index (Phi) is 4.41. The van der Waals surface area contributed by atoms with E-state index in [-0.39, 0.29) is 29.6 Å². The van der Waals surface area contributed by atoms with E-state index in [0.29, 0.717) is 17.4 Å². The molecule has 1 N–H and O–H groups in total. The number of aromatic nitrogens is 2. The first-order valence-electron chi connectivity index (χ1n) is 9.35. The SMILES string of the molecule is C[C@@H](NC(=O)Cn1cnc2ccc([N+](=O)[O-])cc2c1=O)[C@@H]1C[C@@H]2CC[C@@H]1C2. The number of nitro benzene ring substituents is 1. The van der Waals surface area contributed by atoms with Gasteiger partial charge in [0.25, 0.3) is 11.2 Å². The van der Waals surface area contributed by atoms with Crippen LogP contribution in [0.3, 0.4) is 0 Å². The predicted molar refractivity (Wildman–Crippen MR) is 99.2 cm³/mol. The quantitative estimate of drug-likeness (QED) is 0.642. The van der Waals surface area contributed by atoms with Crippen molar-refractivity contribution >= 4 is 22.5 Å². The van der Waals surface area contributed by atoms with Crippen LogP contribution >= 0.6 is 0 Å². The van der Waals surface area contributed by atoms with Gasteiger partial charge in [0.15, 0.2) is 0 Å². The van der Waals surface area contributed by atoms with Gasteiger partial charge >= 0.3 is 0 Å². The lowest BCUT2D eigenvalue weighted by Gasteiger charge is -2.28. The third-order valence-electron chi connectivity index (χ3n) is 6.16. The lowest BCUT2D eigenvalue weighted by atomic mass is 9.84. The highest BCUT2D eigenvalue weighted by Gasteiger charge is 2.42. The third-order valence-corrected chi connectivity index (χ3v) is 6.16.